The molecular weight excluding hydrogens is 275 g/mol. The molecular formula is C15H13FN2O3. The molecule has 2 amide bonds. The van der Waals surface area contributed by atoms with Gasteiger partial charge in [0.1, 0.15) is 5.82 Å². The molecule has 0 spiro atoms. The number of hydrogen-bond acceptors (Lipinski definition) is 3. The van der Waals surface area contributed by atoms with E-state index in [0.717, 1.165) is 0 Å². The number of amides is 2. The van der Waals surface area contributed by atoms with Crippen molar-refractivity contribution in [3.8, 4) is 5.75 Å². The minimum Gasteiger partial charge on any atom is -0.493 e. The van der Waals surface area contributed by atoms with Crippen molar-refractivity contribution in [2.75, 3.05) is 17.7 Å². The molecule has 21 heavy (non-hydrogen) atoms. The Bertz CT molecular complexity index is 702. The smallest absolute Gasteiger partial charge is 0.323 e. The Morgan fingerprint density at radius 2 is 1.48 bits per heavy atom. The van der Waals surface area contributed by atoms with Crippen molar-refractivity contribution in [2.45, 2.75) is 0 Å². The highest BCUT2D eigenvalue weighted by Crippen LogP contribution is 2.11. The fourth-order valence-corrected chi connectivity index (χ4v) is 1.63. The molecule has 0 atom stereocenters. The van der Waals surface area contributed by atoms with E-state index in [1.807, 2.05) is 0 Å². The van der Waals surface area contributed by atoms with Gasteiger partial charge in [0.15, 0.2) is 5.75 Å². The van der Waals surface area contributed by atoms with Crippen LogP contribution in [0.5, 0.6) is 5.75 Å². The van der Waals surface area contributed by atoms with Gasteiger partial charge < -0.3 is 15.4 Å². The van der Waals surface area contributed by atoms with Crippen LogP contribution in [0.25, 0.3) is 0 Å². The lowest BCUT2D eigenvalue weighted by molar-refractivity contribution is 0.262. The third kappa shape index (κ3) is 4.04. The summed E-state index contributed by atoms with van der Waals surface area (Å²) in [6.45, 7) is 0. The minimum absolute atomic E-state index is 0.182. The van der Waals surface area contributed by atoms with Crippen molar-refractivity contribution < 1.29 is 13.9 Å². The van der Waals surface area contributed by atoms with Crippen molar-refractivity contribution in [1.82, 2.24) is 0 Å². The number of carbonyl (C=O) groups is 1. The van der Waals surface area contributed by atoms with Gasteiger partial charge in [0.05, 0.1) is 7.11 Å². The number of urea groups is 1. The molecule has 0 aliphatic carbocycles. The van der Waals surface area contributed by atoms with Gasteiger partial charge in [-0.25, -0.2) is 9.18 Å². The second kappa shape index (κ2) is 6.51. The molecule has 2 N–H and O–H groups in total. The molecule has 0 aromatic heterocycles. The predicted octanol–water partition coefficient (Wildman–Crippen LogP) is 2.84. The van der Waals surface area contributed by atoms with Gasteiger partial charge in [0, 0.05) is 11.4 Å². The molecule has 0 aliphatic rings. The van der Waals surface area contributed by atoms with Gasteiger partial charge in [-0.15, -0.1) is 0 Å². The summed E-state index contributed by atoms with van der Waals surface area (Å²) in [5, 5.41) is 5.11. The largest absolute Gasteiger partial charge is 0.493 e. The van der Waals surface area contributed by atoms with Gasteiger partial charge in [-0.05, 0) is 48.5 Å². The van der Waals surface area contributed by atoms with Crippen molar-refractivity contribution in [3.05, 3.63) is 64.6 Å². The summed E-state index contributed by atoms with van der Waals surface area (Å²) in [7, 11) is 1.39. The lowest BCUT2D eigenvalue weighted by Crippen LogP contribution is -2.19. The molecule has 108 valence electrons. The highest BCUT2D eigenvalue weighted by molar-refractivity contribution is 5.99. The number of rotatable bonds is 3. The molecule has 2 aromatic rings. The Morgan fingerprint density at radius 3 is 2.05 bits per heavy atom. The third-order valence-electron chi connectivity index (χ3n) is 2.65. The number of hydrogen-bond donors (Lipinski definition) is 2. The van der Waals surface area contributed by atoms with Crippen LogP contribution in [-0.2, 0) is 0 Å². The molecule has 0 fully saturated rings. The first kappa shape index (κ1) is 14.5. The van der Waals surface area contributed by atoms with E-state index in [4.69, 9.17) is 4.74 Å². The van der Waals surface area contributed by atoms with Crippen LogP contribution in [0.15, 0.2) is 53.3 Å². The Kier molecular flexibility index (Phi) is 4.50. The Balaban J connectivity index is 2.07. The van der Waals surface area contributed by atoms with Crippen molar-refractivity contribution in [3.63, 3.8) is 0 Å². The van der Waals surface area contributed by atoms with Gasteiger partial charge in [-0.3, -0.25) is 4.79 Å². The molecule has 0 bridgehead atoms. The van der Waals surface area contributed by atoms with E-state index in [1.54, 1.807) is 6.07 Å². The molecule has 5 nitrogen and oxygen atoms in total. The average Bonchev–Trinajstić information content (AvgIpc) is 2.63. The number of anilines is 2. The van der Waals surface area contributed by atoms with Gasteiger partial charge in [0.2, 0.25) is 5.43 Å². The number of methoxy groups -OCH3 is 1. The summed E-state index contributed by atoms with van der Waals surface area (Å²) in [4.78, 5) is 23.3. The second-order valence-electron chi connectivity index (χ2n) is 4.14. The fraction of sp³-hybridized carbons (Fsp3) is 0.0667. The fourth-order valence-electron chi connectivity index (χ4n) is 1.63. The first-order valence-electron chi connectivity index (χ1n) is 6.10. The number of carbonyl (C=O) groups excluding carboxylic acids is 1. The lowest BCUT2D eigenvalue weighted by Gasteiger charge is -2.06. The number of nitrogens with one attached hydrogen (secondary N) is 2. The van der Waals surface area contributed by atoms with Crippen LogP contribution < -0.4 is 20.8 Å². The molecule has 2 aromatic carbocycles. The van der Waals surface area contributed by atoms with Crippen LogP contribution in [0.4, 0.5) is 20.6 Å². The van der Waals surface area contributed by atoms with E-state index in [1.165, 1.54) is 49.6 Å². The zero-order chi connectivity index (χ0) is 15.2. The van der Waals surface area contributed by atoms with Crippen molar-refractivity contribution >= 4 is 17.4 Å². The van der Waals surface area contributed by atoms with Gasteiger partial charge >= 0.3 is 6.03 Å². The molecule has 0 aliphatic heterocycles. The summed E-state index contributed by atoms with van der Waals surface area (Å²) < 4.78 is 17.6. The Hall–Kier alpha value is -2.89. The van der Waals surface area contributed by atoms with Crippen LogP contribution in [0.3, 0.4) is 0 Å². The SMILES string of the molecule is COc1ccc(NC(=O)Nc2ccc(F)cc2)ccc1=O. The zero-order valence-electron chi connectivity index (χ0n) is 11.2. The normalized spacial score (nSPS) is 9.81. The van der Waals surface area contributed by atoms with Crippen LogP contribution in [0, 0.1) is 5.82 Å². The molecule has 0 radical (unpaired) electrons. The maximum atomic E-state index is 12.8. The van der Waals surface area contributed by atoms with E-state index >= 15 is 0 Å². The van der Waals surface area contributed by atoms with E-state index in [9.17, 15) is 14.0 Å². The molecule has 0 saturated carbocycles. The Labute approximate surface area is 120 Å². The molecule has 0 unspecified atom stereocenters. The van der Waals surface area contributed by atoms with E-state index < -0.39 is 6.03 Å². The van der Waals surface area contributed by atoms with Gasteiger partial charge in [-0.1, -0.05) is 0 Å². The number of halogens is 1. The standard InChI is InChI=1S/C15H13FN2O3/c1-21-14-9-7-12(6-8-13(14)19)18-15(20)17-11-4-2-10(16)3-5-11/h2-9H,1H3,(H2,17,18,20). The molecule has 0 heterocycles. The molecule has 2 rings (SSSR count). The highest BCUT2D eigenvalue weighted by atomic mass is 19.1. The van der Waals surface area contributed by atoms with Crippen molar-refractivity contribution in [2.24, 2.45) is 0 Å². The highest BCUT2D eigenvalue weighted by Gasteiger charge is 2.03. The van der Waals surface area contributed by atoms with Crippen LogP contribution >= 0.6 is 0 Å². The van der Waals surface area contributed by atoms with Crippen LogP contribution in [0.1, 0.15) is 0 Å². The molecule has 0 saturated heterocycles. The maximum Gasteiger partial charge on any atom is 0.323 e. The Morgan fingerprint density at radius 1 is 0.952 bits per heavy atom. The summed E-state index contributed by atoms with van der Waals surface area (Å²) in [6.07, 6.45) is 0. The molecule has 6 heteroatoms. The second-order valence-corrected chi connectivity index (χ2v) is 4.14. The summed E-state index contributed by atoms with van der Waals surface area (Å²) >= 11 is 0. The van der Waals surface area contributed by atoms with E-state index in [-0.39, 0.29) is 17.0 Å². The number of benzene rings is 1. The van der Waals surface area contributed by atoms with Crippen LogP contribution in [0.2, 0.25) is 0 Å². The first-order chi connectivity index (χ1) is 10.1. The van der Waals surface area contributed by atoms with Gasteiger partial charge in [0.25, 0.3) is 0 Å². The minimum atomic E-state index is -0.501. The topological polar surface area (TPSA) is 67.4 Å². The average molecular weight is 288 g/mol. The summed E-state index contributed by atoms with van der Waals surface area (Å²) in [5.74, 6) is -0.201. The third-order valence-corrected chi connectivity index (χ3v) is 2.65. The van der Waals surface area contributed by atoms with E-state index in [0.29, 0.717) is 11.4 Å². The summed E-state index contributed by atoms with van der Waals surface area (Å²) in [5.41, 5.74) is 0.593. The lowest BCUT2D eigenvalue weighted by atomic mass is 10.3. The number of ether oxygens (including phenoxy) is 1. The van der Waals surface area contributed by atoms with Crippen LogP contribution in [-0.4, -0.2) is 13.1 Å². The quantitative estimate of drug-likeness (QED) is 0.912. The van der Waals surface area contributed by atoms with Crippen molar-refractivity contribution in [1.29, 1.82) is 0 Å². The van der Waals surface area contributed by atoms with Gasteiger partial charge in [-0.2, -0.15) is 0 Å². The monoisotopic (exact) mass is 288 g/mol. The zero-order valence-corrected chi connectivity index (χ0v) is 11.2. The first-order valence-corrected chi connectivity index (χ1v) is 6.10. The van der Waals surface area contributed by atoms with E-state index in [2.05, 4.69) is 10.6 Å². The predicted molar refractivity (Wildman–Crippen MR) is 78.3 cm³/mol. The maximum absolute atomic E-state index is 12.8. The summed E-state index contributed by atoms with van der Waals surface area (Å²) in [6, 6.07) is 10.7.